The lowest BCUT2D eigenvalue weighted by Gasteiger charge is -2.17. The van der Waals surface area contributed by atoms with Gasteiger partial charge in [0.1, 0.15) is 11.5 Å². The monoisotopic (exact) mass is 390 g/mol. The summed E-state index contributed by atoms with van der Waals surface area (Å²) in [6.07, 6.45) is 2.53. The number of hydrogen-bond donors (Lipinski definition) is 2. The molecule has 0 aliphatic carbocycles. The summed E-state index contributed by atoms with van der Waals surface area (Å²) in [6, 6.07) is 9.24. The molecule has 0 saturated heterocycles. The van der Waals surface area contributed by atoms with Gasteiger partial charge < -0.3 is 10.2 Å². The fourth-order valence-electron chi connectivity index (χ4n) is 3.10. The molecule has 0 unspecified atom stereocenters. The molecule has 0 fully saturated rings. The molecule has 0 aliphatic heterocycles. The molecule has 148 valence electrons. The summed E-state index contributed by atoms with van der Waals surface area (Å²) in [5.41, 5.74) is 0.897. The normalized spacial score (nSPS) is 12.1. The molecule has 2 aromatic carbocycles. The molecule has 0 aromatic heterocycles. The number of aromatic hydroxyl groups is 2. The van der Waals surface area contributed by atoms with Crippen LogP contribution in [0.4, 0.5) is 0 Å². The van der Waals surface area contributed by atoms with Gasteiger partial charge in [-0.3, -0.25) is 0 Å². The maximum Gasteiger partial charge on any atom is 0.207 e. The molecule has 0 radical (unpaired) electrons. The predicted octanol–water partition coefficient (Wildman–Crippen LogP) is 5.11. The van der Waals surface area contributed by atoms with Gasteiger partial charge in [-0.2, -0.15) is 0 Å². The Balaban J connectivity index is 2.57. The van der Waals surface area contributed by atoms with Gasteiger partial charge in [-0.25, -0.2) is 8.42 Å². The summed E-state index contributed by atoms with van der Waals surface area (Å²) in [6.45, 7) is 8.25. The Morgan fingerprint density at radius 1 is 0.741 bits per heavy atom. The van der Waals surface area contributed by atoms with E-state index in [0.29, 0.717) is 35.8 Å². The van der Waals surface area contributed by atoms with Gasteiger partial charge in [0.15, 0.2) is 0 Å². The minimum Gasteiger partial charge on any atom is -0.508 e. The summed E-state index contributed by atoms with van der Waals surface area (Å²) < 4.78 is 26.9. The van der Waals surface area contributed by atoms with E-state index in [4.69, 9.17) is 0 Å². The zero-order valence-electron chi connectivity index (χ0n) is 16.6. The Hall–Kier alpha value is -2.01. The van der Waals surface area contributed by atoms with Gasteiger partial charge in [0.05, 0.1) is 9.79 Å². The summed E-state index contributed by atoms with van der Waals surface area (Å²) in [5.74, 6) is 0.784. The minimum atomic E-state index is -3.86. The maximum absolute atomic E-state index is 13.4. The fourth-order valence-corrected chi connectivity index (χ4v) is 4.91. The van der Waals surface area contributed by atoms with Crippen LogP contribution in [0.3, 0.4) is 0 Å². The van der Waals surface area contributed by atoms with E-state index in [-0.39, 0.29) is 21.3 Å². The van der Waals surface area contributed by atoms with Crippen LogP contribution >= 0.6 is 0 Å². The molecule has 0 amide bonds. The predicted molar refractivity (Wildman–Crippen MR) is 108 cm³/mol. The molecule has 2 rings (SSSR count). The Kier molecular flexibility index (Phi) is 6.93. The van der Waals surface area contributed by atoms with Crippen LogP contribution in [0.2, 0.25) is 0 Å². The summed E-state index contributed by atoms with van der Waals surface area (Å²) in [5, 5.41) is 20.6. The molecule has 0 bridgehead atoms. The highest BCUT2D eigenvalue weighted by Crippen LogP contribution is 2.35. The van der Waals surface area contributed by atoms with E-state index in [1.807, 2.05) is 0 Å². The summed E-state index contributed by atoms with van der Waals surface area (Å²) in [4.78, 5) is 0.249. The Morgan fingerprint density at radius 3 is 1.44 bits per heavy atom. The van der Waals surface area contributed by atoms with E-state index in [2.05, 4.69) is 27.7 Å². The quantitative estimate of drug-likeness (QED) is 0.657. The van der Waals surface area contributed by atoms with Gasteiger partial charge in [0.2, 0.25) is 9.84 Å². The van der Waals surface area contributed by atoms with Crippen molar-refractivity contribution in [2.75, 3.05) is 0 Å². The van der Waals surface area contributed by atoms with Gasteiger partial charge in [-0.05, 0) is 61.8 Å². The third kappa shape index (κ3) is 5.04. The zero-order valence-corrected chi connectivity index (χ0v) is 17.4. The maximum atomic E-state index is 13.4. The van der Waals surface area contributed by atoms with Gasteiger partial charge in [-0.1, -0.05) is 39.8 Å². The summed E-state index contributed by atoms with van der Waals surface area (Å²) >= 11 is 0. The average Bonchev–Trinajstić information content (AvgIpc) is 2.58. The Labute approximate surface area is 162 Å². The van der Waals surface area contributed by atoms with Gasteiger partial charge in [-0.15, -0.1) is 0 Å². The van der Waals surface area contributed by atoms with Crippen LogP contribution in [0.25, 0.3) is 0 Å². The second kappa shape index (κ2) is 8.79. The smallest absolute Gasteiger partial charge is 0.207 e. The largest absolute Gasteiger partial charge is 0.508 e. The van der Waals surface area contributed by atoms with E-state index in [0.717, 1.165) is 12.8 Å². The van der Waals surface area contributed by atoms with Crippen LogP contribution in [0.15, 0.2) is 46.2 Å². The van der Waals surface area contributed by atoms with E-state index in [9.17, 15) is 18.6 Å². The second-order valence-electron chi connectivity index (χ2n) is 7.88. The van der Waals surface area contributed by atoms with Crippen molar-refractivity contribution in [3.63, 3.8) is 0 Å². The molecule has 27 heavy (non-hydrogen) atoms. The highest BCUT2D eigenvalue weighted by Gasteiger charge is 2.27. The van der Waals surface area contributed by atoms with Crippen LogP contribution < -0.4 is 0 Å². The average molecular weight is 391 g/mol. The topological polar surface area (TPSA) is 74.6 Å². The number of sulfone groups is 1. The highest BCUT2D eigenvalue weighted by atomic mass is 32.2. The molecule has 2 N–H and O–H groups in total. The van der Waals surface area contributed by atoms with Crippen molar-refractivity contribution in [2.24, 2.45) is 11.8 Å². The Bertz CT molecular complexity index is 816. The zero-order chi connectivity index (χ0) is 20.2. The van der Waals surface area contributed by atoms with Crippen LogP contribution in [0, 0.1) is 11.8 Å². The van der Waals surface area contributed by atoms with Crippen molar-refractivity contribution in [3.8, 4) is 11.5 Å². The first-order valence-corrected chi connectivity index (χ1v) is 11.0. The van der Waals surface area contributed by atoms with Crippen molar-refractivity contribution in [2.45, 2.75) is 63.2 Å². The van der Waals surface area contributed by atoms with Crippen LogP contribution in [-0.2, 0) is 22.7 Å². The molecule has 0 aliphatic rings. The van der Waals surface area contributed by atoms with E-state index < -0.39 is 9.84 Å². The number of phenolic OH excluding ortho intramolecular Hbond substituents is 2. The van der Waals surface area contributed by atoms with E-state index in [1.165, 1.54) is 12.1 Å². The molecular weight excluding hydrogens is 360 g/mol. The summed E-state index contributed by atoms with van der Waals surface area (Å²) in [7, 11) is -3.86. The minimum absolute atomic E-state index is 0.000563. The third-order valence-corrected chi connectivity index (χ3v) is 6.66. The van der Waals surface area contributed by atoms with E-state index >= 15 is 0 Å². The molecule has 2 aromatic rings. The fraction of sp³-hybridized carbons (Fsp3) is 0.455. The van der Waals surface area contributed by atoms with Crippen molar-refractivity contribution >= 4 is 9.84 Å². The number of phenols is 2. The number of benzene rings is 2. The van der Waals surface area contributed by atoms with Crippen molar-refractivity contribution < 1.29 is 18.6 Å². The standard InChI is InChI=1S/C22H30O4S/c1-15(2)11-13-17-19(23)7-5-9-21(17)27(25,26)22-10-6-8-20(24)18(22)14-12-16(3)4/h5-10,15-16,23-24H,11-14H2,1-4H3. The lowest BCUT2D eigenvalue weighted by Crippen LogP contribution is -2.10. The first kappa shape index (κ1) is 21.3. The van der Waals surface area contributed by atoms with Crippen LogP contribution in [0.5, 0.6) is 11.5 Å². The highest BCUT2D eigenvalue weighted by molar-refractivity contribution is 7.91. The SMILES string of the molecule is CC(C)CCc1c(O)cccc1S(=O)(=O)c1cccc(O)c1CCC(C)C. The number of hydrogen-bond acceptors (Lipinski definition) is 4. The lowest BCUT2D eigenvalue weighted by molar-refractivity contribution is 0.458. The van der Waals surface area contributed by atoms with Crippen LogP contribution in [0.1, 0.15) is 51.7 Å². The van der Waals surface area contributed by atoms with Gasteiger partial charge >= 0.3 is 0 Å². The molecule has 0 heterocycles. The van der Waals surface area contributed by atoms with Crippen molar-refractivity contribution in [1.29, 1.82) is 0 Å². The lowest BCUT2D eigenvalue weighted by atomic mass is 10.0. The molecule has 5 heteroatoms. The molecular formula is C22H30O4S. The molecule has 4 nitrogen and oxygen atoms in total. The molecule has 0 atom stereocenters. The first-order valence-electron chi connectivity index (χ1n) is 9.51. The van der Waals surface area contributed by atoms with E-state index in [1.54, 1.807) is 24.3 Å². The Morgan fingerprint density at radius 2 is 1.11 bits per heavy atom. The number of rotatable bonds is 8. The van der Waals surface area contributed by atoms with Crippen LogP contribution in [-0.4, -0.2) is 18.6 Å². The first-order chi connectivity index (χ1) is 12.6. The van der Waals surface area contributed by atoms with Crippen molar-refractivity contribution in [1.82, 2.24) is 0 Å². The second-order valence-corrected chi connectivity index (χ2v) is 9.76. The molecule has 0 saturated carbocycles. The van der Waals surface area contributed by atoms with Crippen molar-refractivity contribution in [3.05, 3.63) is 47.5 Å². The van der Waals surface area contributed by atoms with Gasteiger partial charge in [0, 0.05) is 11.1 Å². The van der Waals surface area contributed by atoms with Gasteiger partial charge in [0.25, 0.3) is 0 Å². The third-order valence-electron chi connectivity index (χ3n) is 4.74. The molecule has 0 spiro atoms.